The van der Waals surface area contributed by atoms with Crippen molar-refractivity contribution in [1.82, 2.24) is 9.80 Å². The number of carbonyl (C=O) groups excluding carboxylic acids is 2. The lowest BCUT2D eigenvalue weighted by atomic mass is 9.99. The van der Waals surface area contributed by atoms with Crippen LogP contribution in [0, 0.1) is 5.92 Å². The van der Waals surface area contributed by atoms with Crippen molar-refractivity contribution in [3.63, 3.8) is 0 Å². The molecule has 0 bridgehead atoms. The monoisotopic (exact) mass is 455 g/mol. The number of rotatable bonds is 7. The van der Waals surface area contributed by atoms with Gasteiger partial charge in [0.15, 0.2) is 0 Å². The Labute approximate surface area is 194 Å². The van der Waals surface area contributed by atoms with Gasteiger partial charge in [0.05, 0.1) is 18.7 Å². The lowest BCUT2D eigenvalue weighted by Gasteiger charge is -2.29. The topological polar surface area (TPSA) is 61.9 Å². The van der Waals surface area contributed by atoms with E-state index < -0.39 is 0 Å². The molecule has 0 spiro atoms. The zero-order valence-corrected chi connectivity index (χ0v) is 19.9. The van der Waals surface area contributed by atoms with E-state index in [9.17, 15) is 9.59 Å². The molecule has 1 amide bonds. The maximum Gasteiger partial charge on any atom is 0.341 e. The second-order valence-electron chi connectivity index (χ2n) is 8.88. The molecule has 0 aliphatic carbocycles. The maximum atomic E-state index is 12.8. The fourth-order valence-corrected chi connectivity index (χ4v) is 5.82. The van der Waals surface area contributed by atoms with Crippen LogP contribution in [0.15, 0.2) is 30.3 Å². The lowest BCUT2D eigenvalue weighted by Crippen LogP contribution is -2.38. The largest absolute Gasteiger partial charge is 0.462 e. The van der Waals surface area contributed by atoms with Crippen molar-refractivity contribution in [3.05, 3.63) is 51.9 Å². The van der Waals surface area contributed by atoms with Crippen molar-refractivity contribution in [2.24, 2.45) is 5.92 Å². The van der Waals surface area contributed by atoms with Gasteiger partial charge in [0.2, 0.25) is 5.91 Å². The normalized spacial score (nSPS) is 17.7. The Kier molecular flexibility index (Phi) is 7.60. The predicted octanol–water partition coefficient (Wildman–Crippen LogP) is 4.15. The molecule has 0 radical (unpaired) electrons. The van der Waals surface area contributed by atoms with Crippen LogP contribution < -0.4 is 5.32 Å². The van der Waals surface area contributed by atoms with Crippen LogP contribution in [0.3, 0.4) is 0 Å². The fourth-order valence-electron chi connectivity index (χ4n) is 4.53. The molecule has 1 aromatic carbocycles. The highest BCUT2D eigenvalue weighted by Gasteiger charge is 2.30. The lowest BCUT2D eigenvalue weighted by molar-refractivity contribution is -0.117. The van der Waals surface area contributed by atoms with E-state index in [4.69, 9.17) is 4.74 Å². The van der Waals surface area contributed by atoms with E-state index >= 15 is 0 Å². The molecule has 2 aliphatic heterocycles. The van der Waals surface area contributed by atoms with Crippen LogP contribution in [0.25, 0.3) is 0 Å². The molecule has 4 rings (SSSR count). The molecule has 2 aromatic rings. The van der Waals surface area contributed by atoms with Crippen LogP contribution in [-0.2, 0) is 29.0 Å². The average molecular weight is 456 g/mol. The third-order valence-electron chi connectivity index (χ3n) is 6.36. The summed E-state index contributed by atoms with van der Waals surface area (Å²) in [6, 6.07) is 10.4. The Bertz CT molecular complexity index is 935. The third kappa shape index (κ3) is 5.57. The number of piperidine rings is 1. The van der Waals surface area contributed by atoms with Gasteiger partial charge in [0, 0.05) is 24.5 Å². The van der Waals surface area contributed by atoms with Crippen molar-refractivity contribution in [2.45, 2.75) is 46.2 Å². The number of benzene rings is 1. The zero-order valence-electron chi connectivity index (χ0n) is 19.1. The second-order valence-corrected chi connectivity index (χ2v) is 9.99. The number of thiophene rings is 1. The van der Waals surface area contributed by atoms with Crippen molar-refractivity contribution >= 4 is 28.2 Å². The molecule has 0 saturated carbocycles. The first-order chi connectivity index (χ1) is 15.5. The summed E-state index contributed by atoms with van der Waals surface area (Å²) in [4.78, 5) is 31.3. The van der Waals surface area contributed by atoms with Crippen LogP contribution in [-0.4, -0.2) is 54.5 Å². The van der Waals surface area contributed by atoms with Gasteiger partial charge in [0.1, 0.15) is 5.00 Å². The highest BCUT2D eigenvalue weighted by Crippen LogP contribution is 2.38. The molecule has 6 nitrogen and oxygen atoms in total. The van der Waals surface area contributed by atoms with Gasteiger partial charge in [-0.3, -0.25) is 14.6 Å². The highest BCUT2D eigenvalue weighted by atomic mass is 32.1. The molecule has 1 fully saturated rings. The summed E-state index contributed by atoms with van der Waals surface area (Å²) in [6.45, 7) is 9.21. The van der Waals surface area contributed by atoms with Crippen LogP contribution in [0.1, 0.15) is 53.1 Å². The van der Waals surface area contributed by atoms with Crippen molar-refractivity contribution in [1.29, 1.82) is 0 Å². The minimum Gasteiger partial charge on any atom is -0.462 e. The molecule has 1 saturated heterocycles. The third-order valence-corrected chi connectivity index (χ3v) is 7.49. The van der Waals surface area contributed by atoms with Crippen LogP contribution >= 0.6 is 11.3 Å². The first-order valence-electron chi connectivity index (χ1n) is 11.6. The van der Waals surface area contributed by atoms with Gasteiger partial charge in [0.25, 0.3) is 0 Å². The number of nitrogens with zero attached hydrogens (tertiary/aromatic N) is 2. The minimum atomic E-state index is -0.330. The summed E-state index contributed by atoms with van der Waals surface area (Å²) < 4.78 is 5.35. The molecule has 0 unspecified atom stereocenters. The van der Waals surface area contributed by atoms with Gasteiger partial charge in [-0.15, -0.1) is 11.3 Å². The molecule has 1 aromatic heterocycles. The molecule has 7 heteroatoms. The standard InChI is InChI=1S/C25H33N3O3S/c1-3-31-25(30)23-20-11-14-28(15-19-7-5-4-6-8-19)16-21(20)32-24(23)26-22(29)17-27-12-9-18(2)10-13-27/h4-8,18H,3,9-17H2,1-2H3,(H,26,29). The average Bonchev–Trinajstić information content (AvgIpc) is 3.13. The van der Waals surface area contributed by atoms with E-state index in [2.05, 4.69) is 46.3 Å². The number of fused-ring (bicyclic) bond motifs is 1. The number of hydrogen-bond acceptors (Lipinski definition) is 6. The molecule has 2 aliphatic rings. The van der Waals surface area contributed by atoms with E-state index in [1.165, 1.54) is 16.9 Å². The molecule has 172 valence electrons. The maximum absolute atomic E-state index is 12.8. The van der Waals surface area contributed by atoms with Gasteiger partial charge < -0.3 is 10.1 Å². The summed E-state index contributed by atoms with van der Waals surface area (Å²) >= 11 is 1.53. The van der Waals surface area contributed by atoms with Gasteiger partial charge in [-0.1, -0.05) is 37.3 Å². The number of ether oxygens (including phenoxy) is 1. The summed E-state index contributed by atoms with van der Waals surface area (Å²) in [5, 5.41) is 3.69. The molecule has 3 heterocycles. The highest BCUT2D eigenvalue weighted by molar-refractivity contribution is 7.17. The number of anilines is 1. The Morgan fingerprint density at radius 2 is 1.88 bits per heavy atom. The van der Waals surface area contributed by atoms with Crippen LogP contribution in [0.2, 0.25) is 0 Å². The van der Waals surface area contributed by atoms with E-state index in [1.54, 1.807) is 0 Å². The first-order valence-corrected chi connectivity index (χ1v) is 12.4. The van der Waals surface area contributed by atoms with E-state index in [1.807, 2.05) is 13.0 Å². The first kappa shape index (κ1) is 23.0. The Morgan fingerprint density at radius 3 is 2.59 bits per heavy atom. The summed E-state index contributed by atoms with van der Waals surface area (Å²) in [5.74, 6) is 0.348. The smallest absolute Gasteiger partial charge is 0.341 e. The van der Waals surface area contributed by atoms with E-state index in [-0.39, 0.29) is 11.9 Å². The zero-order chi connectivity index (χ0) is 22.5. The number of amides is 1. The Balaban J connectivity index is 1.48. The van der Waals surface area contributed by atoms with Gasteiger partial charge >= 0.3 is 5.97 Å². The summed E-state index contributed by atoms with van der Waals surface area (Å²) in [6.07, 6.45) is 3.05. The SMILES string of the molecule is CCOC(=O)c1c(NC(=O)CN2CCC(C)CC2)sc2c1CCN(Cc1ccccc1)C2. The van der Waals surface area contributed by atoms with Crippen LogP contribution in [0.4, 0.5) is 5.00 Å². The van der Waals surface area contributed by atoms with Crippen molar-refractivity contribution < 1.29 is 14.3 Å². The van der Waals surface area contributed by atoms with E-state index in [0.717, 1.165) is 68.3 Å². The van der Waals surface area contributed by atoms with E-state index in [0.29, 0.717) is 23.7 Å². The number of carbonyl (C=O) groups is 2. The summed E-state index contributed by atoms with van der Waals surface area (Å²) in [5.41, 5.74) is 2.88. The molecule has 32 heavy (non-hydrogen) atoms. The number of likely N-dealkylation sites (tertiary alicyclic amines) is 1. The minimum absolute atomic E-state index is 0.0511. The summed E-state index contributed by atoms with van der Waals surface area (Å²) in [7, 11) is 0. The molecule has 0 atom stereocenters. The molecular formula is C25H33N3O3S. The van der Waals surface area contributed by atoms with Gasteiger partial charge in [-0.25, -0.2) is 4.79 Å². The Hall–Kier alpha value is -2.22. The van der Waals surface area contributed by atoms with Gasteiger partial charge in [-0.05, 0) is 56.3 Å². The molecule has 1 N–H and O–H groups in total. The van der Waals surface area contributed by atoms with Crippen molar-refractivity contribution in [3.8, 4) is 0 Å². The van der Waals surface area contributed by atoms with Crippen molar-refractivity contribution in [2.75, 3.05) is 38.1 Å². The van der Waals surface area contributed by atoms with Crippen LogP contribution in [0.5, 0.6) is 0 Å². The number of esters is 1. The second kappa shape index (κ2) is 10.6. The van der Waals surface area contributed by atoms with Gasteiger partial charge in [-0.2, -0.15) is 0 Å². The number of nitrogens with one attached hydrogen (secondary N) is 1. The predicted molar refractivity (Wildman–Crippen MR) is 128 cm³/mol. The molecular weight excluding hydrogens is 422 g/mol. The Morgan fingerprint density at radius 1 is 1.12 bits per heavy atom. The quantitative estimate of drug-likeness (QED) is 0.636. The number of hydrogen-bond donors (Lipinski definition) is 1. The fraction of sp³-hybridized carbons (Fsp3) is 0.520.